The molecule has 0 saturated carbocycles. The van der Waals surface area contributed by atoms with Crippen molar-refractivity contribution in [3.05, 3.63) is 35.5 Å². The van der Waals surface area contributed by atoms with Crippen LogP contribution in [0.5, 0.6) is 0 Å². The van der Waals surface area contributed by atoms with E-state index in [1.165, 1.54) is 0 Å². The quantitative estimate of drug-likeness (QED) is 0.906. The molecule has 1 fully saturated rings. The molecule has 0 amide bonds. The number of ether oxygens (including phenoxy) is 1. The van der Waals surface area contributed by atoms with Crippen molar-refractivity contribution in [2.24, 2.45) is 0 Å². The Balaban J connectivity index is 2.19. The number of aromatic nitrogens is 1. The maximum absolute atomic E-state index is 11.2. The van der Waals surface area contributed by atoms with Gasteiger partial charge in [-0.25, -0.2) is 9.78 Å². The van der Waals surface area contributed by atoms with E-state index in [-0.39, 0.29) is 5.69 Å². The number of carboxylic acid groups (broad SMARTS) is 1. The van der Waals surface area contributed by atoms with Crippen LogP contribution in [0.25, 0.3) is 10.9 Å². The van der Waals surface area contributed by atoms with E-state index >= 15 is 0 Å². The monoisotopic (exact) mass is 272 g/mol. The number of aryl methyl sites for hydroxylation is 1. The van der Waals surface area contributed by atoms with Gasteiger partial charge in [-0.2, -0.15) is 0 Å². The highest BCUT2D eigenvalue weighted by Gasteiger charge is 2.17. The van der Waals surface area contributed by atoms with Crippen molar-refractivity contribution in [1.82, 2.24) is 4.98 Å². The molecule has 104 valence electrons. The summed E-state index contributed by atoms with van der Waals surface area (Å²) in [7, 11) is 0. The molecule has 0 spiro atoms. The van der Waals surface area contributed by atoms with Crippen LogP contribution in [0.2, 0.25) is 0 Å². The first-order chi connectivity index (χ1) is 9.65. The summed E-state index contributed by atoms with van der Waals surface area (Å²) in [6, 6.07) is 7.54. The van der Waals surface area contributed by atoms with Gasteiger partial charge in [-0.05, 0) is 25.1 Å². The second-order valence-electron chi connectivity index (χ2n) is 4.95. The summed E-state index contributed by atoms with van der Waals surface area (Å²) < 4.78 is 5.36. The average Bonchev–Trinajstić information content (AvgIpc) is 2.47. The fraction of sp³-hybridized carbons (Fsp3) is 0.333. The number of aromatic carboxylic acids is 1. The van der Waals surface area contributed by atoms with Gasteiger partial charge in [-0.1, -0.05) is 11.6 Å². The lowest BCUT2D eigenvalue weighted by Gasteiger charge is -2.30. The van der Waals surface area contributed by atoms with Gasteiger partial charge in [0.25, 0.3) is 0 Å². The smallest absolute Gasteiger partial charge is 0.354 e. The Morgan fingerprint density at radius 1 is 1.30 bits per heavy atom. The van der Waals surface area contributed by atoms with Gasteiger partial charge >= 0.3 is 5.97 Å². The standard InChI is InChI=1S/C15H16N2O3/c1-10-2-3-12-11(8-10)14(9-13(16-12)15(18)19)17-4-6-20-7-5-17/h2-3,8-9H,4-7H2,1H3,(H,18,19). The average molecular weight is 272 g/mol. The lowest BCUT2D eigenvalue weighted by molar-refractivity contribution is 0.0691. The van der Waals surface area contributed by atoms with Crippen molar-refractivity contribution < 1.29 is 14.6 Å². The minimum atomic E-state index is -0.998. The van der Waals surface area contributed by atoms with Crippen molar-refractivity contribution >= 4 is 22.6 Å². The predicted octanol–water partition coefficient (Wildman–Crippen LogP) is 2.08. The second kappa shape index (κ2) is 5.09. The summed E-state index contributed by atoms with van der Waals surface area (Å²) in [4.78, 5) is 17.6. The van der Waals surface area contributed by atoms with Gasteiger partial charge in [-0.3, -0.25) is 0 Å². The molecule has 1 aliphatic heterocycles. The zero-order chi connectivity index (χ0) is 14.1. The highest BCUT2D eigenvalue weighted by atomic mass is 16.5. The Morgan fingerprint density at radius 3 is 2.75 bits per heavy atom. The number of carboxylic acids is 1. The normalized spacial score (nSPS) is 15.6. The van der Waals surface area contributed by atoms with Crippen molar-refractivity contribution in [1.29, 1.82) is 0 Å². The van der Waals surface area contributed by atoms with Crippen LogP contribution in [0.1, 0.15) is 16.1 Å². The van der Waals surface area contributed by atoms with Crippen LogP contribution in [0.3, 0.4) is 0 Å². The molecular formula is C15H16N2O3. The second-order valence-corrected chi connectivity index (χ2v) is 4.95. The summed E-state index contributed by atoms with van der Waals surface area (Å²) in [5.74, 6) is -0.998. The lowest BCUT2D eigenvalue weighted by Crippen LogP contribution is -2.36. The van der Waals surface area contributed by atoms with E-state index < -0.39 is 5.97 Å². The molecule has 1 N–H and O–H groups in total. The number of benzene rings is 1. The number of rotatable bonds is 2. The molecule has 0 bridgehead atoms. The van der Waals surface area contributed by atoms with Gasteiger partial charge in [0.05, 0.1) is 18.7 Å². The molecule has 20 heavy (non-hydrogen) atoms. The number of carbonyl (C=O) groups is 1. The van der Waals surface area contributed by atoms with Gasteiger partial charge in [0.2, 0.25) is 0 Å². The Labute approximate surface area is 116 Å². The van der Waals surface area contributed by atoms with Crippen LogP contribution in [0.4, 0.5) is 5.69 Å². The molecule has 2 aromatic rings. The molecule has 0 aliphatic carbocycles. The Morgan fingerprint density at radius 2 is 2.05 bits per heavy atom. The highest BCUT2D eigenvalue weighted by Crippen LogP contribution is 2.28. The largest absolute Gasteiger partial charge is 0.477 e. The molecule has 3 rings (SSSR count). The van der Waals surface area contributed by atoms with Crippen LogP contribution in [-0.4, -0.2) is 42.4 Å². The maximum atomic E-state index is 11.2. The zero-order valence-corrected chi connectivity index (χ0v) is 11.3. The molecule has 0 unspecified atom stereocenters. The van der Waals surface area contributed by atoms with Gasteiger partial charge in [0.15, 0.2) is 5.69 Å². The van der Waals surface area contributed by atoms with Gasteiger partial charge in [0, 0.05) is 24.2 Å². The van der Waals surface area contributed by atoms with Gasteiger partial charge in [0.1, 0.15) is 0 Å². The third-order valence-corrected chi connectivity index (χ3v) is 3.51. The summed E-state index contributed by atoms with van der Waals surface area (Å²) >= 11 is 0. The fourth-order valence-corrected chi connectivity index (χ4v) is 2.50. The lowest BCUT2D eigenvalue weighted by atomic mass is 10.1. The van der Waals surface area contributed by atoms with Crippen LogP contribution < -0.4 is 4.90 Å². The third kappa shape index (κ3) is 2.32. The first-order valence-electron chi connectivity index (χ1n) is 6.62. The highest BCUT2D eigenvalue weighted by molar-refractivity contribution is 5.97. The van der Waals surface area contributed by atoms with Crippen molar-refractivity contribution in [3.63, 3.8) is 0 Å². The van der Waals surface area contributed by atoms with E-state index in [1.807, 2.05) is 19.1 Å². The van der Waals surface area contributed by atoms with E-state index in [1.54, 1.807) is 6.07 Å². The summed E-state index contributed by atoms with van der Waals surface area (Å²) in [6.45, 7) is 4.89. The van der Waals surface area contributed by atoms with Crippen molar-refractivity contribution in [3.8, 4) is 0 Å². The number of hydrogen-bond donors (Lipinski definition) is 1. The van der Waals surface area contributed by atoms with E-state index in [4.69, 9.17) is 4.74 Å². The molecular weight excluding hydrogens is 256 g/mol. The number of nitrogens with zero attached hydrogens (tertiary/aromatic N) is 2. The van der Waals surface area contributed by atoms with Crippen LogP contribution in [0, 0.1) is 6.92 Å². The Bertz CT molecular complexity index is 663. The van der Waals surface area contributed by atoms with Crippen LogP contribution >= 0.6 is 0 Å². The van der Waals surface area contributed by atoms with Crippen LogP contribution in [0.15, 0.2) is 24.3 Å². The van der Waals surface area contributed by atoms with E-state index in [2.05, 4.69) is 16.0 Å². The fourth-order valence-electron chi connectivity index (χ4n) is 2.50. The number of morpholine rings is 1. The molecule has 1 aromatic carbocycles. The predicted molar refractivity (Wildman–Crippen MR) is 76.5 cm³/mol. The van der Waals surface area contributed by atoms with Crippen molar-refractivity contribution in [2.75, 3.05) is 31.2 Å². The number of hydrogen-bond acceptors (Lipinski definition) is 4. The molecule has 1 aromatic heterocycles. The summed E-state index contributed by atoms with van der Waals surface area (Å²) in [6.07, 6.45) is 0. The minimum absolute atomic E-state index is 0.0860. The van der Waals surface area contributed by atoms with E-state index in [0.717, 1.165) is 35.2 Å². The minimum Gasteiger partial charge on any atom is -0.477 e. The Kier molecular flexibility index (Phi) is 3.28. The van der Waals surface area contributed by atoms with E-state index in [0.29, 0.717) is 13.2 Å². The third-order valence-electron chi connectivity index (χ3n) is 3.51. The number of pyridine rings is 1. The molecule has 5 nitrogen and oxygen atoms in total. The summed E-state index contributed by atoms with van der Waals surface area (Å²) in [5, 5.41) is 10.2. The topological polar surface area (TPSA) is 62.7 Å². The molecule has 0 atom stereocenters. The molecule has 0 radical (unpaired) electrons. The first kappa shape index (κ1) is 12.9. The van der Waals surface area contributed by atoms with Gasteiger partial charge < -0.3 is 14.7 Å². The van der Waals surface area contributed by atoms with Crippen LogP contribution in [-0.2, 0) is 4.74 Å². The van der Waals surface area contributed by atoms with Crippen molar-refractivity contribution in [2.45, 2.75) is 6.92 Å². The summed E-state index contributed by atoms with van der Waals surface area (Å²) in [5.41, 5.74) is 2.87. The SMILES string of the molecule is Cc1ccc2nc(C(=O)O)cc(N3CCOCC3)c2c1. The molecule has 1 saturated heterocycles. The number of anilines is 1. The van der Waals surface area contributed by atoms with Gasteiger partial charge in [-0.15, -0.1) is 0 Å². The number of fused-ring (bicyclic) bond motifs is 1. The molecule has 5 heteroatoms. The molecule has 1 aliphatic rings. The zero-order valence-electron chi connectivity index (χ0n) is 11.3. The Hall–Kier alpha value is -2.14. The molecule has 2 heterocycles. The first-order valence-corrected chi connectivity index (χ1v) is 6.62. The van der Waals surface area contributed by atoms with E-state index in [9.17, 15) is 9.90 Å². The maximum Gasteiger partial charge on any atom is 0.354 e.